The lowest BCUT2D eigenvalue weighted by Crippen LogP contribution is -2.54. The van der Waals surface area contributed by atoms with Gasteiger partial charge in [0.25, 0.3) is 0 Å². The van der Waals surface area contributed by atoms with Crippen LogP contribution in [0, 0.1) is 35.0 Å². The van der Waals surface area contributed by atoms with Crippen LogP contribution in [0.4, 0.5) is 4.79 Å². The molecule has 6 nitrogen and oxygen atoms in total. The normalized spacial score (nSPS) is 48.8. The molecule has 2 saturated heterocycles. The molecule has 0 aromatic rings. The third kappa shape index (κ3) is 3.08. The lowest BCUT2D eigenvalue weighted by molar-refractivity contribution is -0.123. The number of Topliss-reactive ketones (excluding diaryl/α,β-unsaturated/α-hetero) is 1. The first-order chi connectivity index (χ1) is 16.6. The van der Waals surface area contributed by atoms with E-state index in [0.717, 1.165) is 49.7 Å². The molecule has 6 rings (SSSR count). The van der Waals surface area contributed by atoms with Crippen molar-refractivity contribution in [2.45, 2.75) is 96.5 Å². The van der Waals surface area contributed by atoms with Crippen LogP contribution in [-0.2, 0) is 14.3 Å². The fourth-order valence-electron chi connectivity index (χ4n) is 9.49. The Balaban J connectivity index is 1.38. The monoisotopic (exact) mass is 483 g/mol. The Bertz CT molecular complexity index is 1020. The summed E-state index contributed by atoms with van der Waals surface area (Å²) in [6, 6.07) is -0.0184. The number of likely N-dealkylation sites (tertiary alicyclic amines) is 1. The molecular weight excluding hydrogens is 442 g/mol. The molecule has 0 aromatic carbocycles. The molecule has 2 aliphatic heterocycles. The molecule has 0 bridgehead atoms. The Hall–Kier alpha value is -1.66. The van der Waals surface area contributed by atoms with E-state index in [1.54, 1.807) is 0 Å². The van der Waals surface area contributed by atoms with E-state index in [4.69, 9.17) is 9.47 Å². The number of methoxy groups -OCH3 is 1. The van der Waals surface area contributed by atoms with Gasteiger partial charge in [0.05, 0.1) is 31.0 Å². The summed E-state index contributed by atoms with van der Waals surface area (Å²) in [5.41, 5.74) is 2.85. The average Bonchev–Trinajstić information content (AvgIpc) is 3.28. The number of nitrogens with zero attached hydrogens (tertiary/aromatic N) is 1. The number of allylic oxidation sites excluding steroid dienone is 2. The van der Waals surface area contributed by atoms with Crippen molar-refractivity contribution in [3.05, 3.63) is 22.8 Å². The van der Waals surface area contributed by atoms with Crippen LogP contribution in [0.15, 0.2) is 22.8 Å². The maximum atomic E-state index is 14.3. The number of ketones is 1. The highest BCUT2D eigenvalue weighted by Crippen LogP contribution is 2.64. The molecule has 0 radical (unpaired) electrons. The smallest absolute Gasteiger partial charge is 0.409 e. The Morgan fingerprint density at radius 3 is 2.77 bits per heavy atom. The third-order valence-corrected chi connectivity index (χ3v) is 11.1. The second-order valence-electron chi connectivity index (χ2n) is 12.8. The number of carbonyl (C=O) groups excluding carboxylic acids is 2. The number of aliphatic hydroxyl groups excluding tert-OH is 1. The molecule has 10 atom stereocenters. The van der Waals surface area contributed by atoms with Gasteiger partial charge >= 0.3 is 6.09 Å². The number of rotatable bonds is 0. The van der Waals surface area contributed by atoms with Crippen LogP contribution >= 0.6 is 0 Å². The lowest BCUT2D eigenvalue weighted by Gasteiger charge is -2.48. The van der Waals surface area contributed by atoms with E-state index in [1.165, 1.54) is 12.7 Å². The molecule has 4 fully saturated rings. The van der Waals surface area contributed by atoms with Crippen LogP contribution in [0.3, 0.4) is 0 Å². The van der Waals surface area contributed by atoms with E-state index >= 15 is 0 Å². The Morgan fingerprint density at radius 1 is 1.26 bits per heavy atom. The van der Waals surface area contributed by atoms with Gasteiger partial charge in [0.2, 0.25) is 0 Å². The predicted molar refractivity (Wildman–Crippen MR) is 132 cm³/mol. The predicted octanol–water partition coefficient (Wildman–Crippen LogP) is 4.66. The lowest BCUT2D eigenvalue weighted by atomic mass is 9.56. The summed E-state index contributed by atoms with van der Waals surface area (Å²) in [6.45, 7) is 9.51. The van der Waals surface area contributed by atoms with Gasteiger partial charge in [-0.05, 0) is 80.6 Å². The Kier molecular flexibility index (Phi) is 5.37. The number of amides is 1. The highest BCUT2D eigenvalue weighted by atomic mass is 16.5. The van der Waals surface area contributed by atoms with E-state index < -0.39 is 5.60 Å². The molecule has 1 N–H and O–H groups in total. The van der Waals surface area contributed by atoms with E-state index in [0.29, 0.717) is 36.5 Å². The average molecular weight is 484 g/mol. The first-order valence-electron chi connectivity index (χ1n) is 13.8. The standard InChI is InChI=1S/C29H41NO5/c1-15-12-22-25(30(14-15)27(33)34-5)17(3)29(35-22)11-9-20-21-7-6-18-13-19(31)8-10-28(18,4)24(21)26(32)23(20)16(29)2/h6,15,17,19-22,24-25,31H,7-14H2,1-5H3/t15-,17-,19-,20+,21-,22-,24-,25-,28-,29-/m0/s1. The molecule has 6 heteroatoms. The van der Waals surface area contributed by atoms with Crippen molar-refractivity contribution in [2.75, 3.05) is 13.7 Å². The number of ether oxygens (including phenoxy) is 2. The Labute approximate surface area is 209 Å². The number of aliphatic hydroxyl groups is 1. The van der Waals surface area contributed by atoms with Crippen molar-refractivity contribution in [1.29, 1.82) is 0 Å². The van der Waals surface area contributed by atoms with E-state index in [1.807, 2.05) is 4.90 Å². The minimum absolute atomic E-state index is 0.0184. The maximum Gasteiger partial charge on any atom is 0.409 e. The molecule has 1 spiro atoms. The van der Waals surface area contributed by atoms with Crippen molar-refractivity contribution in [3.63, 3.8) is 0 Å². The molecule has 6 aliphatic rings. The van der Waals surface area contributed by atoms with Gasteiger partial charge in [-0.25, -0.2) is 4.79 Å². The van der Waals surface area contributed by atoms with Crippen molar-refractivity contribution in [3.8, 4) is 0 Å². The van der Waals surface area contributed by atoms with E-state index in [-0.39, 0.29) is 41.6 Å². The number of piperidine rings is 1. The second kappa shape index (κ2) is 7.92. The fraction of sp³-hybridized carbons (Fsp3) is 0.793. The number of fused-ring (bicyclic) bond motifs is 6. The quantitative estimate of drug-likeness (QED) is 0.507. The fourth-order valence-corrected chi connectivity index (χ4v) is 9.49. The summed E-state index contributed by atoms with van der Waals surface area (Å²) in [6.07, 6.45) is 7.93. The van der Waals surface area contributed by atoms with E-state index in [9.17, 15) is 14.7 Å². The molecule has 1 amide bonds. The first-order valence-corrected chi connectivity index (χ1v) is 13.8. The third-order valence-electron chi connectivity index (χ3n) is 11.1. The summed E-state index contributed by atoms with van der Waals surface area (Å²) in [4.78, 5) is 28.9. The van der Waals surface area contributed by atoms with Crippen molar-refractivity contribution >= 4 is 11.9 Å². The molecule has 2 heterocycles. The van der Waals surface area contributed by atoms with E-state index in [2.05, 4.69) is 33.8 Å². The second-order valence-corrected chi connectivity index (χ2v) is 12.8. The van der Waals surface area contributed by atoms with Gasteiger partial charge in [-0.1, -0.05) is 32.4 Å². The molecule has 0 aromatic heterocycles. The number of hydrogen-bond donors (Lipinski definition) is 1. The summed E-state index contributed by atoms with van der Waals surface area (Å²) < 4.78 is 12.1. The summed E-state index contributed by atoms with van der Waals surface area (Å²) in [5, 5.41) is 10.3. The maximum absolute atomic E-state index is 14.3. The minimum Gasteiger partial charge on any atom is -0.453 e. The zero-order valence-corrected chi connectivity index (χ0v) is 21.9. The van der Waals surface area contributed by atoms with Gasteiger partial charge in [-0.3, -0.25) is 4.79 Å². The molecule has 0 unspecified atom stereocenters. The topological polar surface area (TPSA) is 76.1 Å². The molecule has 192 valence electrons. The van der Waals surface area contributed by atoms with Crippen LogP contribution in [0.2, 0.25) is 0 Å². The van der Waals surface area contributed by atoms with Crippen molar-refractivity contribution < 1.29 is 24.2 Å². The SMILES string of the molecule is COC(=O)N1C[C@@H](C)C[C@@H]2O[C@]3(CC[C@H]4C(=C3C)C(=O)[C@@H]3[C@H]4CC=C4C[C@@H](O)CC[C@@]43C)[C@@H](C)[C@@H]21. The van der Waals surface area contributed by atoms with Gasteiger partial charge in [0, 0.05) is 24.0 Å². The van der Waals surface area contributed by atoms with Gasteiger partial charge in [-0.2, -0.15) is 0 Å². The summed E-state index contributed by atoms with van der Waals surface area (Å²) in [5.74, 6) is 1.48. The highest BCUT2D eigenvalue weighted by Gasteiger charge is 2.64. The van der Waals surface area contributed by atoms with Crippen LogP contribution in [0.1, 0.15) is 72.6 Å². The Morgan fingerprint density at radius 2 is 2.03 bits per heavy atom. The summed E-state index contributed by atoms with van der Waals surface area (Å²) >= 11 is 0. The minimum atomic E-state index is -0.486. The van der Waals surface area contributed by atoms with Crippen LogP contribution in [0.25, 0.3) is 0 Å². The highest BCUT2D eigenvalue weighted by molar-refractivity contribution is 6.02. The van der Waals surface area contributed by atoms with Crippen LogP contribution in [0.5, 0.6) is 0 Å². The number of hydrogen-bond acceptors (Lipinski definition) is 5. The molecular formula is C29H41NO5. The van der Waals surface area contributed by atoms with Gasteiger partial charge < -0.3 is 19.5 Å². The molecule has 35 heavy (non-hydrogen) atoms. The van der Waals surface area contributed by atoms with Crippen molar-refractivity contribution in [1.82, 2.24) is 4.90 Å². The zero-order valence-electron chi connectivity index (χ0n) is 21.9. The first kappa shape index (κ1) is 23.7. The summed E-state index contributed by atoms with van der Waals surface area (Å²) in [7, 11) is 1.46. The van der Waals surface area contributed by atoms with Gasteiger partial charge in [0.15, 0.2) is 5.78 Å². The van der Waals surface area contributed by atoms with Crippen molar-refractivity contribution in [2.24, 2.45) is 35.0 Å². The van der Waals surface area contributed by atoms with Crippen LogP contribution < -0.4 is 0 Å². The van der Waals surface area contributed by atoms with Gasteiger partial charge in [0.1, 0.15) is 0 Å². The number of carbonyl (C=O) groups is 2. The van der Waals surface area contributed by atoms with Gasteiger partial charge in [-0.15, -0.1) is 0 Å². The molecule has 4 aliphatic carbocycles. The zero-order chi connectivity index (χ0) is 24.9. The largest absolute Gasteiger partial charge is 0.453 e. The van der Waals surface area contributed by atoms with Crippen LogP contribution in [-0.4, -0.2) is 59.4 Å². The molecule has 2 saturated carbocycles.